The molecule has 0 atom stereocenters. The molecule has 9 heteroatoms. The van der Waals surface area contributed by atoms with Gasteiger partial charge in [-0.15, -0.1) is 0 Å². The second kappa shape index (κ2) is 7.28. The van der Waals surface area contributed by atoms with Crippen LogP contribution in [0.3, 0.4) is 0 Å². The molecule has 1 aromatic heterocycles. The van der Waals surface area contributed by atoms with E-state index in [2.05, 4.69) is 9.82 Å². The second-order valence-electron chi connectivity index (χ2n) is 5.15. The summed E-state index contributed by atoms with van der Waals surface area (Å²) >= 11 is 0. The number of piperidine rings is 1. The predicted octanol–water partition coefficient (Wildman–Crippen LogP) is 1.78. The Bertz CT molecular complexity index is 575. The molecule has 1 fully saturated rings. The number of aromatic nitrogens is 1. The van der Waals surface area contributed by atoms with E-state index in [-0.39, 0.29) is 0 Å². The number of pyridine rings is 1. The minimum atomic E-state index is -4.47. The molecule has 0 bridgehead atoms. The zero-order valence-corrected chi connectivity index (χ0v) is 12.1. The minimum absolute atomic E-state index is 0.391. The Morgan fingerprint density at radius 1 is 1.43 bits per heavy atom. The first-order valence-corrected chi connectivity index (χ1v) is 6.98. The van der Waals surface area contributed by atoms with Gasteiger partial charge in [0.25, 0.3) is 0 Å². The number of alkyl halides is 3. The van der Waals surface area contributed by atoms with Gasteiger partial charge >= 0.3 is 6.18 Å². The van der Waals surface area contributed by atoms with E-state index in [0.29, 0.717) is 37.3 Å². The van der Waals surface area contributed by atoms with E-state index in [9.17, 15) is 18.0 Å². The van der Waals surface area contributed by atoms with Crippen molar-refractivity contribution in [2.75, 3.05) is 24.6 Å². The lowest BCUT2D eigenvalue weighted by atomic mass is 9.96. The Kier molecular flexibility index (Phi) is 5.39. The fourth-order valence-corrected chi connectivity index (χ4v) is 2.28. The van der Waals surface area contributed by atoms with Crippen LogP contribution in [0.1, 0.15) is 18.4 Å². The number of nitrogens with one attached hydrogen (secondary N) is 1. The Morgan fingerprint density at radius 2 is 2.13 bits per heavy atom. The molecular formula is C14H15F3N4O2. The summed E-state index contributed by atoms with van der Waals surface area (Å²) in [7, 11) is 0. The summed E-state index contributed by atoms with van der Waals surface area (Å²) in [5.41, 5.74) is 2.31. The number of hydrogen-bond donors (Lipinski definition) is 1. The van der Waals surface area contributed by atoms with E-state index >= 15 is 0 Å². The van der Waals surface area contributed by atoms with Gasteiger partial charge in [-0.3, -0.25) is 9.63 Å². The number of rotatable bonds is 4. The smallest absolute Gasteiger partial charge is 0.357 e. The minimum Gasteiger partial charge on any atom is -0.357 e. The molecule has 0 aromatic carbocycles. The number of nitrogens with zero attached hydrogens (tertiary/aromatic N) is 3. The van der Waals surface area contributed by atoms with Gasteiger partial charge in [0.15, 0.2) is 6.61 Å². The van der Waals surface area contributed by atoms with Crippen LogP contribution in [0.4, 0.5) is 19.0 Å². The molecule has 6 nitrogen and oxygen atoms in total. The number of hydrogen-bond acceptors (Lipinski definition) is 5. The number of anilines is 1. The van der Waals surface area contributed by atoms with Gasteiger partial charge in [0, 0.05) is 25.2 Å². The summed E-state index contributed by atoms with van der Waals surface area (Å²) < 4.78 is 35.8. The highest BCUT2D eigenvalue weighted by Crippen LogP contribution is 2.22. The van der Waals surface area contributed by atoms with E-state index in [0.717, 1.165) is 0 Å². The lowest BCUT2D eigenvalue weighted by Gasteiger charge is -2.32. The predicted molar refractivity (Wildman–Crippen MR) is 74.0 cm³/mol. The molecule has 1 N–H and O–H groups in total. The number of amides is 1. The molecule has 124 valence electrons. The molecule has 1 amide bonds. The van der Waals surface area contributed by atoms with Crippen molar-refractivity contribution in [2.45, 2.75) is 19.0 Å². The Morgan fingerprint density at radius 3 is 2.65 bits per heavy atom. The van der Waals surface area contributed by atoms with Crippen molar-refractivity contribution in [2.24, 2.45) is 5.92 Å². The maximum Gasteiger partial charge on any atom is 0.414 e. The Balaban J connectivity index is 1.79. The largest absolute Gasteiger partial charge is 0.414 e. The van der Waals surface area contributed by atoms with Crippen LogP contribution in [-0.2, 0) is 9.63 Å². The van der Waals surface area contributed by atoms with Crippen molar-refractivity contribution < 1.29 is 22.8 Å². The van der Waals surface area contributed by atoms with Crippen molar-refractivity contribution in [3.8, 4) is 6.07 Å². The highest BCUT2D eigenvalue weighted by atomic mass is 19.4. The molecule has 0 radical (unpaired) electrons. The number of carbonyl (C=O) groups is 1. The first-order valence-electron chi connectivity index (χ1n) is 6.98. The summed E-state index contributed by atoms with van der Waals surface area (Å²) in [6.45, 7) is -0.404. The number of halogens is 3. The number of hydroxylamine groups is 1. The van der Waals surface area contributed by atoms with Gasteiger partial charge in [0.1, 0.15) is 11.9 Å². The van der Waals surface area contributed by atoms with Crippen molar-refractivity contribution in [3.05, 3.63) is 23.9 Å². The first kappa shape index (κ1) is 17.0. The van der Waals surface area contributed by atoms with E-state index in [1.165, 1.54) is 6.20 Å². The fourth-order valence-electron chi connectivity index (χ4n) is 2.28. The molecule has 1 aliphatic heterocycles. The van der Waals surface area contributed by atoms with Crippen LogP contribution < -0.4 is 10.4 Å². The maximum absolute atomic E-state index is 11.9. The molecule has 2 rings (SSSR count). The van der Waals surface area contributed by atoms with Gasteiger partial charge in [-0.25, -0.2) is 10.5 Å². The average molecular weight is 328 g/mol. The lowest BCUT2D eigenvalue weighted by Crippen LogP contribution is -2.41. The van der Waals surface area contributed by atoms with Crippen LogP contribution in [0, 0.1) is 17.2 Å². The van der Waals surface area contributed by atoms with Gasteiger partial charge < -0.3 is 4.90 Å². The Labute approximate surface area is 130 Å². The van der Waals surface area contributed by atoms with Crippen molar-refractivity contribution in [1.29, 1.82) is 5.26 Å². The second-order valence-corrected chi connectivity index (χ2v) is 5.15. The highest BCUT2D eigenvalue weighted by molar-refractivity contribution is 5.77. The van der Waals surface area contributed by atoms with Crippen LogP contribution >= 0.6 is 0 Å². The topological polar surface area (TPSA) is 78.2 Å². The zero-order valence-electron chi connectivity index (χ0n) is 12.1. The lowest BCUT2D eigenvalue weighted by molar-refractivity contribution is -0.193. The van der Waals surface area contributed by atoms with Crippen LogP contribution in [0.5, 0.6) is 0 Å². The summed E-state index contributed by atoms with van der Waals surface area (Å²) in [5.74, 6) is -0.226. The SMILES string of the molecule is N#Cc1ccc(N2CCC(C(=O)NOCC(F)(F)F)CC2)nc1. The van der Waals surface area contributed by atoms with Crippen LogP contribution in [-0.4, -0.2) is 36.8 Å². The molecule has 23 heavy (non-hydrogen) atoms. The van der Waals surface area contributed by atoms with Gasteiger partial charge in [0.2, 0.25) is 5.91 Å². The van der Waals surface area contributed by atoms with E-state index in [1.54, 1.807) is 12.1 Å². The average Bonchev–Trinajstić information content (AvgIpc) is 2.54. The summed E-state index contributed by atoms with van der Waals surface area (Å²) in [5, 5.41) is 8.73. The van der Waals surface area contributed by atoms with Gasteiger partial charge in [-0.1, -0.05) is 0 Å². The van der Waals surface area contributed by atoms with Crippen LogP contribution in [0.2, 0.25) is 0 Å². The van der Waals surface area contributed by atoms with Crippen molar-refractivity contribution in [1.82, 2.24) is 10.5 Å². The number of nitriles is 1. The molecule has 0 spiro atoms. The molecule has 1 aromatic rings. The highest BCUT2D eigenvalue weighted by Gasteiger charge is 2.30. The maximum atomic E-state index is 11.9. The monoisotopic (exact) mass is 328 g/mol. The standard InChI is InChI=1S/C14H15F3N4O2/c15-14(16,17)9-23-20-13(22)11-3-5-21(6-4-11)12-2-1-10(7-18)8-19-12/h1-2,8,11H,3-6,9H2,(H,20,22). The quantitative estimate of drug-likeness (QED) is 0.853. The fraction of sp³-hybridized carbons (Fsp3) is 0.500. The molecular weight excluding hydrogens is 313 g/mol. The Hall–Kier alpha value is -2.34. The summed E-state index contributed by atoms with van der Waals surface area (Å²) in [4.78, 5) is 22.0. The first-order chi connectivity index (χ1) is 10.9. The summed E-state index contributed by atoms with van der Waals surface area (Å²) in [6, 6.07) is 5.37. The van der Waals surface area contributed by atoms with Crippen LogP contribution in [0.25, 0.3) is 0 Å². The normalized spacial score (nSPS) is 16.0. The third-order valence-electron chi connectivity index (χ3n) is 3.48. The van der Waals surface area contributed by atoms with Gasteiger partial charge in [0.05, 0.1) is 5.56 Å². The van der Waals surface area contributed by atoms with Crippen LogP contribution in [0.15, 0.2) is 18.3 Å². The van der Waals surface area contributed by atoms with E-state index in [4.69, 9.17) is 5.26 Å². The zero-order chi connectivity index (χ0) is 16.9. The van der Waals surface area contributed by atoms with Crippen molar-refractivity contribution >= 4 is 11.7 Å². The molecule has 0 saturated carbocycles. The molecule has 2 heterocycles. The molecule has 0 unspecified atom stereocenters. The van der Waals surface area contributed by atoms with E-state index in [1.807, 2.05) is 16.4 Å². The van der Waals surface area contributed by atoms with Gasteiger partial charge in [-0.2, -0.15) is 18.4 Å². The third-order valence-corrected chi connectivity index (χ3v) is 3.48. The summed E-state index contributed by atoms with van der Waals surface area (Å²) in [6.07, 6.45) is -2.03. The van der Waals surface area contributed by atoms with Crippen molar-refractivity contribution in [3.63, 3.8) is 0 Å². The van der Waals surface area contributed by atoms with Gasteiger partial charge in [-0.05, 0) is 25.0 Å². The molecule has 1 saturated heterocycles. The molecule has 0 aliphatic carbocycles. The third kappa shape index (κ3) is 5.10. The van der Waals surface area contributed by atoms with E-state index < -0.39 is 24.6 Å². The molecule has 1 aliphatic rings. The number of carbonyl (C=O) groups excluding carboxylic acids is 1.